The van der Waals surface area contributed by atoms with Crippen molar-refractivity contribution in [3.63, 3.8) is 0 Å². The van der Waals surface area contributed by atoms with Gasteiger partial charge in [0.25, 0.3) is 0 Å². The second-order valence-electron chi connectivity index (χ2n) is 7.37. The van der Waals surface area contributed by atoms with Crippen LogP contribution < -0.4 is 5.32 Å². The van der Waals surface area contributed by atoms with Crippen LogP contribution in [0, 0.1) is 11.3 Å². The summed E-state index contributed by atoms with van der Waals surface area (Å²) < 4.78 is 40.6. The molecule has 5 nitrogen and oxygen atoms in total. The van der Waals surface area contributed by atoms with Crippen LogP contribution in [0.4, 0.5) is 18.2 Å². The molecular weight excluding hydrogens is 425 g/mol. The predicted octanol–water partition coefficient (Wildman–Crippen LogP) is 5.27. The second-order valence-corrected chi connectivity index (χ2v) is 8.85. The van der Waals surface area contributed by atoms with E-state index < -0.39 is 11.9 Å². The van der Waals surface area contributed by atoms with Crippen LogP contribution in [0.25, 0.3) is 0 Å². The summed E-state index contributed by atoms with van der Waals surface area (Å²) in [5.41, 5.74) is 0.789. The Morgan fingerprint density at radius 2 is 2.07 bits per heavy atom. The Morgan fingerprint density at radius 3 is 2.72 bits per heavy atom. The monoisotopic (exact) mass is 442 g/mol. The molecule has 4 rings (SSSR count). The number of anilines is 1. The highest BCUT2D eigenvalue weighted by atomic mass is 35.5. The van der Waals surface area contributed by atoms with E-state index in [0.29, 0.717) is 16.3 Å². The van der Waals surface area contributed by atoms with Crippen molar-refractivity contribution in [1.82, 2.24) is 9.78 Å². The van der Waals surface area contributed by atoms with Crippen molar-refractivity contribution in [1.29, 1.82) is 5.26 Å². The Morgan fingerprint density at radius 1 is 1.34 bits per heavy atom. The SMILES string of the molecule is N#Cc1c(NC(=O)CCn2nc(C(F)(F)F)c(Cl)c2C2CC2)sc2c1CCCC2. The summed E-state index contributed by atoms with van der Waals surface area (Å²) >= 11 is 7.37. The summed E-state index contributed by atoms with van der Waals surface area (Å²) in [6.45, 7) is 0.000440. The van der Waals surface area contributed by atoms with Crippen LogP contribution >= 0.6 is 22.9 Å². The number of nitrogens with one attached hydrogen (secondary N) is 1. The van der Waals surface area contributed by atoms with Crippen molar-refractivity contribution >= 4 is 33.8 Å². The van der Waals surface area contributed by atoms with Gasteiger partial charge in [-0.15, -0.1) is 11.3 Å². The predicted molar refractivity (Wildman–Crippen MR) is 103 cm³/mol. The fraction of sp³-hybridized carbons (Fsp3) is 0.526. The number of aryl methyl sites for hydroxylation is 2. The second kappa shape index (κ2) is 7.65. The first-order valence-electron chi connectivity index (χ1n) is 9.47. The number of alkyl halides is 3. The number of aromatic nitrogens is 2. The number of hydrogen-bond donors (Lipinski definition) is 1. The van der Waals surface area contributed by atoms with Gasteiger partial charge in [0.1, 0.15) is 11.1 Å². The van der Waals surface area contributed by atoms with E-state index in [1.165, 1.54) is 16.0 Å². The molecule has 1 saturated carbocycles. The van der Waals surface area contributed by atoms with Gasteiger partial charge in [-0.25, -0.2) is 0 Å². The van der Waals surface area contributed by atoms with E-state index in [0.717, 1.165) is 49.0 Å². The molecule has 0 bridgehead atoms. The molecule has 2 heterocycles. The lowest BCUT2D eigenvalue weighted by Gasteiger charge is -2.09. The number of amides is 1. The van der Waals surface area contributed by atoms with Crippen LogP contribution in [-0.4, -0.2) is 15.7 Å². The van der Waals surface area contributed by atoms with E-state index in [9.17, 15) is 23.2 Å². The average Bonchev–Trinajstić information content (AvgIpc) is 3.34. The zero-order valence-electron chi connectivity index (χ0n) is 15.4. The number of carbonyl (C=O) groups is 1. The van der Waals surface area contributed by atoms with Gasteiger partial charge in [0.15, 0.2) is 5.69 Å². The van der Waals surface area contributed by atoms with Crippen LogP contribution in [0.1, 0.15) is 65.4 Å². The van der Waals surface area contributed by atoms with E-state index in [2.05, 4.69) is 16.5 Å². The van der Waals surface area contributed by atoms with Crippen molar-refractivity contribution in [2.75, 3.05) is 5.32 Å². The highest BCUT2D eigenvalue weighted by Gasteiger charge is 2.42. The van der Waals surface area contributed by atoms with Crippen LogP contribution in [0.2, 0.25) is 5.02 Å². The standard InChI is InChI=1S/C19H18ClF3N4OS/c20-15-16(10-5-6-10)27(26-17(15)19(21,22)23)8-7-14(28)25-18-12(9-24)11-3-1-2-4-13(11)29-18/h10H,1-8H2,(H,25,28). The molecular formula is C19H18ClF3N4OS. The first-order chi connectivity index (χ1) is 13.8. The quantitative estimate of drug-likeness (QED) is 0.685. The Hall–Kier alpha value is -2.05. The van der Waals surface area contributed by atoms with E-state index in [-0.39, 0.29) is 29.8 Å². The van der Waals surface area contributed by atoms with Gasteiger partial charge in [0.2, 0.25) is 5.91 Å². The van der Waals surface area contributed by atoms with E-state index in [4.69, 9.17) is 11.6 Å². The summed E-state index contributed by atoms with van der Waals surface area (Å²) in [5, 5.41) is 16.0. The number of thiophene rings is 1. The first kappa shape index (κ1) is 20.2. The molecule has 0 aliphatic heterocycles. The number of hydrogen-bond acceptors (Lipinski definition) is 4. The molecule has 1 N–H and O–H groups in total. The van der Waals surface area contributed by atoms with Gasteiger partial charge in [0, 0.05) is 17.2 Å². The molecule has 0 aromatic carbocycles. The van der Waals surface area contributed by atoms with E-state index >= 15 is 0 Å². The molecule has 0 atom stereocenters. The van der Waals surface area contributed by atoms with Gasteiger partial charge < -0.3 is 5.32 Å². The third kappa shape index (κ3) is 4.01. The lowest BCUT2D eigenvalue weighted by molar-refractivity contribution is -0.141. The van der Waals surface area contributed by atoms with Crippen molar-refractivity contribution < 1.29 is 18.0 Å². The fourth-order valence-corrected chi connectivity index (χ4v) is 5.37. The summed E-state index contributed by atoms with van der Waals surface area (Å²) in [6, 6.07) is 2.18. The molecule has 2 aromatic rings. The van der Waals surface area contributed by atoms with Crippen LogP contribution in [0.15, 0.2) is 0 Å². The van der Waals surface area contributed by atoms with Gasteiger partial charge in [0.05, 0.1) is 22.8 Å². The molecule has 0 unspecified atom stereocenters. The number of carbonyl (C=O) groups excluding carboxylic acids is 1. The number of nitrogens with zero attached hydrogens (tertiary/aromatic N) is 3. The third-order valence-electron chi connectivity index (χ3n) is 5.25. The van der Waals surface area contributed by atoms with Crippen molar-refractivity contribution in [2.45, 2.75) is 63.6 Å². The lowest BCUT2D eigenvalue weighted by Crippen LogP contribution is -2.16. The average molecular weight is 443 g/mol. The Labute approximate surface area is 174 Å². The largest absolute Gasteiger partial charge is 0.436 e. The summed E-state index contributed by atoms with van der Waals surface area (Å²) in [4.78, 5) is 13.6. The summed E-state index contributed by atoms with van der Waals surface area (Å²) in [6.07, 6.45) is 0.675. The molecule has 2 aliphatic carbocycles. The number of rotatable bonds is 5. The highest BCUT2D eigenvalue weighted by Crippen LogP contribution is 2.47. The van der Waals surface area contributed by atoms with Gasteiger partial charge >= 0.3 is 6.18 Å². The lowest BCUT2D eigenvalue weighted by atomic mass is 9.96. The topological polar surface area (TPSA) is 70.7 Å². The molecule has 1 amide bonds. The van der Waals surface area contributed by atoms with Gasteiger partial charge in [-0.05, 0) is 44.1 Å². The third-order valence-corrected chi connectivity index (χ3v) is 6.83. The molecule has 0 spiro atoms. The van der Waals surface area contributed by atoms with Crippen molar-refractivity contribution in [3.05, 3.63) is 32.4 Å². The molecule has 0 saturated heterocycles. The maximum atomic E-state index is 13.1. The molecule has 29 heavy (non-hydrogen) atoms. The summed E-state index contributed by atoms with van der Waals surface area (Å²) in [7, 11) is 0. The minimum Gasteiger partial charge on any atom is -0.317 e. The number of halogens is 4. The normalized spacial score (nSPS) is 16.4. The highest BCUT2D eigenvalue weighted by molar-refractivity contribution is 7.16. The van der Waals surface area contributed by atoms with Gasteiger partial charge in [-0.3, -0.25) is 9.48 Å². The van der Waals surface area contributed by atoms with Gasteiger partial charge in [-0.2, -0.15) is 23.5 Å². The van der Waals surface area contributed by atoms with Crippen LogP contribution in [0.5, 0.6) is 0 Å². The maximum Gasteiger partial charge on any atom is 0.436 e. The van der Waals surface area contributed by atoms with Crippen LogP contribution in [-0.2, 0) is 30.4 Å². The molecule has 2 aromatic heterocycles. The summed E-state index contributed by atoms with van der Waals surface area (Å²) in [5.74, 6) is -0.398. The number of fused-ring (bicyclic) bond motifs is 1. The van der Waals surface area contributed by atoms with E-state index in [1.54, 1.807) is 0 Å². The molecule has 154 valence electrons. The van der Waals surface area contributed by atoms with E-state index in [1.807, 2.05) is 0 Å². The van der Waals surface area contributed by atoms with Crippen LogP contribution in [0.3, 0.4) is 0 Å². The smallest absolute Gasteiger partial charge is 0.317 e. The minimum atomic E-state index is -4.63. The maximum absolute atomic E-state index is 13.1. The Balaban J connectivity index is 1.49. The van der Waals surface area contributed by atoms with Crippen molar-refractivity contribution in [2.24, 2.45) is 0 Å². The Kier molecular flexibility index (Phi) is 5.34. The van der Waals surface area contributed by atoms with Gasteiger partial charge in [-0.1, -0.05) is 11.6 Å². The molecule has 0 radical (unpaired) electrons. The fourth-order valence-electron chi connectivity index (χ4n) is 3.72. The first-order valence-corrected chi connectivity index (χ1v) is 10.7. The van der Waals surface area contributed by atoms with Crippen molar-refractivity contribution in [3.8, 4) is 6.07 Å². The minimum absolute atomic E-state index is 0.000440. The number of nitriles is 1. The zero-order chi connectivity index (χ0) is 20.8. The Bertz CT molecular complexity index is 1000. The molecule has 2 aliphatic rings. The zero-order valence-corrected chi connectivity index (χ0v) is 17.0. The molecule has 10 heteroatoms. The molecule has 1 fully saturated rings.